The predicted octanol–water partition coefficient (Wildman–Crippen LogP) is 0.705. The molecule has 4 saturated carbocycles. The Labute approximate surface area is 387 Å². The highest BCUT2D eigenvalue weighted by atomic mass is 16.8. The van der Waals surface area contributed by atoms with E-state index in [1.165, 1.54) is 12.5 Å². The number of ether oxygens (including phenoxy) is 6. The minimum atomic E-state index is -1.84. The van der Waals surface area contributed by atoms with Crippen molar-refractivity contribution in [3.63, 3.8) is 0 Å². The zero-order valence-electron chi connectivity index (χ0n) is 39.7. The molecule has 0 radical (unpaired) electrons. The first-order valence-electron chi connectivity index (χ1n) is 24.3. The molecule has 7 fully saturated rings. The fourth-order valence-corrected chi connectivity index (χ4v) is 15.1. The molecule has 0 aromatic carbocycles. The molecule has 0 amide bonds. The maximum absolute atomic E-state index is 13.2. The molecule has 0 aromatic heterocycles. The molecule has 18 heteroatoms. The van der Waals surface area contributed by atoms with E-state index in [4.69, 9.17) is 28.4 Å². The lowest BCUT2D eigenvalue weighted by Gasteiger charge is -2.71. The number of carbonyl (C=O) groups is 1. The van der Waals surface area contributed by atoms with Crippen LogP contribution >= 0.6 is 0 Å². The molecule has 378 valence electrons. The normalized spacial score (nSPS) is 54.5. The number of aliphatic hydroxyl groups excluding tert-OH is 10. The minimum absolute atomic E-state index is 0.137. The van der Waals surface area contributed by atoms with Crippen molar-refractivity contribution in [2.75, 3.05) is 13.2 Å². The molecule has 18 nitrogen and oxygen atoms in total. The summed E-state index contributed by atoms with van der Waals surface area (Å²) in [6, 6.07) is 0. The molecule has 5 aliphatic carbocycles. The van der Waals surface area contributed by atoms with Crippen molar-refractivity contribution in [1.29, 1.82) is 0 Å². The topological polar surface area (TPSA) is 295 Å². The van der Waals surface area contributed by atoms with Crippen LogP contribution in [0.15, 0.2) is 11.6 Å². The highest BCUT2D eigenvalue weighted by Gasteiger charge is 2.70. The van der Waals surface area contributed by atoms with Crippen molar-refractivity contribution in [2.45, 2.75) is 218 Å². The molecule has 3 aliphatic heterocycles. The molecule has 8 aliphatic rings. The van der Waals surface area contributed by atoms with Crippen molar-refractivity contribution in [3.8, 4) is 0 Å². The molecule has 8 rings (SSSR count). The Morgan fingerprint density at radius 3 is 1.80 bits per heavy atom. The van der Waals surface area contributed by atoms with Crippen LogP contribution < -0.4 is 0 Å². The molecule has 3 saturated heterocycles. The molecular formula is C48H78O18. The fraction of sp³-hybridized carbons (Fsp3) is 0.938. The number of allylic oxidation sites excluding steroid dienone is 2. The summed E-state index contributed by atoms with van der Waals surface area (Å²) in [6.45, 7) is 15.6. The van der Waals surface area contributed by atoms with E-state index >= 15 is 0 Å². The molecule has 11 N–H and O–H groups in total. The lowest BCUT2D eigenvalue weighted by atomic mass is 9.33. The van der Waals surface area contributed by atoms with Gasteiger partial charge >= 0.3 is 5.97 Å². The van der Waals surface area contributed by atoms with Crippen LogP contribution in [0.4, 0.5) is 0 Å². The van der Waals surface area contributed by atoms with Gasteiger partial charge in [-0.2, -0.15) is 0 Å². The number of hydrogen-bond donors (Lipinski definition) is 11. The number of rotatable bonds is 9. The molecule has 0 spiro atoms. The lowest BCUT2D eigenvalue weighted by molar-refractivity contribution is -0.397. The highest BCUT2D eigenvalue weighted by molar-refractivity contribution is 5.77. The van der Waals surface area contributed by atoms with E-state index in [1.807, 2.05) is 0 Å². The van der Waals surface area contributed by atoms with Crippen LogP contribution in [0.3, 0.4) is 0 Å². The van der Waals surface area contributed by atoms with Gasteiger partial charge in [-0.15, -0.1) is 0 Å². The van der Waals surface area contributed by atoms with Gasteiger partial charge in [0.15, 0.2) is 18.9 Å². The Morgan fingerprint density at radius 1 is 0.652 bits per heavy atom. The van der Waals surface area contributed by atoms with Crippen molar-refractivity contribution < 1.29 is 89.4 Å². The zero-order chi connectivity index (χ0) is 48.4. The third-order valence-corrected chi connectivity index (χ3v) is 19.5. The Balaban J connectivity index is 1.05. The lowest BCUT2D eigenvalue weighted by Crippen LogP contribution is -2.68. The number of aliphatic carboxylic acids is 1. The largest absolute Gasteiger partial charge is 0.481 e. The Kier molecular flexibility index (Phi) is 13.7. The first kappa shape index (κ1) is 50.9. The van der Waals surface area contributed by atoms with Gasteiger partial charge in [0.1, 0.15) is 67.1 Å². The quantitative estimate of drug-likeness (QED) is 0.112. The third kappa shape index (κ3) is 7.69. The van der Waals surface area contributed by atoms with E-state index in [-0.39, 0.29) is 40.4 Å². The summed E-state index contributed by atoms with van der Waals surface area (Å²) in [5, 5.41) is 119. The summed E-state index contributed by atoms with van der Waals surface area (Å²) < 4.78 is 36.8. The molecule has 24 atom stereocenters. The zero-order valence-corrected chi connectivity index (χ0v) is 39.7. The minimum Gasteiger partial charge on any atom is -0.481 e. The Hall–Kier alpha value is -1.43. The molecule has 0 bridgehead atoms. The molecule has 3 heterocycles. The van der Waals surface area contributed by atoms with Gasteiger partial charge in [-0.1, -0.05) is 60.1 Å². The smallest absolute Gasteiger partial charge is 0.310 e. The van der Waals surface area contributed by atoms with Crippen molar-refractivity contribution in [3.05, 3.63) is 11.6 Å². The van der Waals surface area contributed by atoms with Crippen molar-refractivity contribution in [1.82, 2.24) is 0 Å². The molecule has 0 aromatic rings. The number of aliphatic hydroxyl groups is 10. The maximum atomic E-state index is 13.2. The van der Waals surface area contributed by atoms with E-state index in [2.05, 4.69) is 54.5 Å². The van der Waals surface area contributed by atoms with Gasteiger partial charge in [-0.05, 0) is 110 Å². The van der Waals surface area contributed by atoms with Crippen LogP contribution in [0.5, 0.6) is 0 Å². The van der Waals surface area contributed by atoms with Gasteiger partial charge in [-0.3, -0.25) is 4.79 Å². The van der Waals surface area contributed by atoms with Crippen LogP contribution in [-0.4, -0.2) is 180 Å². The van der Waals surface area contributed by atoms with E-state index in [9.17, 15) is 61.0 Å². The summed E-state index contributed by atoms with van der Waals surface area (Å²) in [4.78, 5) is 13.2. The number of hydrogen-bond acceptors (Lipinski definition) is 17. The first-order valence-corrected chi connectivity index (χ1v) is 24.3. The number of carboxylic acids is 1. The number of carboxylic acid groups (broad SMARTS) is 1. The van der Waals surface area contributed by atoms with Gasteiger partial charge in [0.25, 0.3) is 0 Å². The van der Waals surface area contributed by atoms with Crippen LogP contribution in [0.25, 0.3) is 0 Å². The van der Waals surface area contributed by atoms with E-state index < -0.39 is 140 Å². The van der Waals surface area contributed by atoms with Crippen molar-refractivity contribution >= 4 is 5.97 Å². The van der Waals surface area contributed by atoms with Gasteiger partial charge in [0.05, 0.1) is 36.9 Å². The standard InChI is InChI=1S/C48H78O18/c1-21-30(52)33(55)36(58)39(61-21)65-38-35(57)32(54)25(20-50)63-41(38)66-37-34(56)31(53)24(19-49)62-40(37)64-29-12-13-45(6)26(44(29,4)5)11-14-47(8)27(45)10-9-22-23-17-43(2,3)28(51)18-48(23,42(59)60)16-15-46(22,47)7/h9,21,23-41,49-58H,10-20H2,1-8H3,(H,59,60)/t21-,23+,24+,25+,26+,27+,28+,29-,30-,31+,32+,33+,34-,35-,36+,37+,38+,39-,40-,41-,45-,46+,47+,48+/m0/s1. The first-order chi connectivity index (χ1) is 30.7. The maximum Gasteiger partial charge on any atom is 0.310 e. The molecule has 66 heavy (non-hydrogen) atoms. The fourth-order valence-electron chi connectivity index (χ4n) is 15.1. The number of fused-ring (bicyclic) bond motifs is 7. The van der Waals surface area contributed by atoms with E-state index in [1.54, 1.807) is 0 Å². The summed E-state index contributed by atoms with van der Waals surface area (Å²) in [5.74, 6) is -0.584. The van der Waals surface area contributed by atoms with E-state index in [0.717, 1.165) is 32.1 Å². The van der Waals surface area contributed by atoms with Crippen LogP contribution in [0.2, 0.25) is 0 Å². The second-order valence-electron chi connectivity index (χ2n) is 23.5. The highest BCUT2D eigenvalue weighted by Crippen LogP contribution is 2.76. The van der Waals surface area contributed by atoms with Crippen molar-refractivity contribution in [2.24, 2.45) is 50.2 Å². The monoisotopic (exact) mass is 943 g/mol. The van der Waals surface area contributed by atoms with E-state index in [0.29, 0.717) is 19.3 Å². The summed E-state index contributed by atoms with van der Waals surface area (Å²) in [6.07, 6.45) is -16.6. The second kappa shape index (κ2) is 17.7. The molecular weight excluding hydrogens is 865 g/mol. The van der Waals surface area contributed by atoms with Crippen LogP contribution in [0, 0.1) is 50.2 Å². The van der Waals surface area contributed by atoms with Gasteiger partial charge in [0, 0.05) is 0 Å². The Bertz CT molecular complexity index is 1810. The SMILES string of the molecule is C[C@@H]1O[C@@H](O[C@H]2[C@H](O[C@H]3[C@H](O[C@H]4CC[C@@]5(C)[C@H](CC[C@]6(C)[C@@H]5CC=C5[C@H]7CC(C)(C)[C@H](O)C[C@]7(C(=O)O)CC[C@]56C)C4(C)C)O[C@H](CO)[C@@H](O)[C@@H]3O)O[C@H](CO)[C@@H](O)[C@@H]2O)[C@H](O)[C@H](O)[C@H]1O. The molecule has 0 unspecified atom stereocenters. The van der Waals surface area contributed by atoms with Gasteiger partial charge in [0.2, 0.25) is 0 Å². The Morgan fingerprint density at radius 2 is 1.23 bits per heavy atom. The second-order valence-corrected chi connectivity index (χ2v) is 23.5. The predicted molar refractivity (Wildman–Crippen MR) is 231 cm³/mol. The third-order valence-electron chi connectivity index (χ3n) is 19.5. The van der Waals surface area contributed by atoms with Gasteiger partial charge in [-0.25, -0.2) is 0 Å². The van der Waals surface area contributed by atoms with Gasteiger partial charge < -0.3 is 84.6 Å². The summed E-state index contributed by atoms with van der Waals surface area (Å²) in [7, 11) is 0. The van der Waals surface area contributed by atoms with Crippen LogP contribution in [-0.2, 0) is 33.2 Å². The average molecular weight is 943 g/mol. The summed E-state index contributed by atoms with van der Waals surface area (Å²) in [5.41, 5.74) is -1.23. The average Bonchev–Trinajstić information content (AvgIpc) is 3.25. The summed E-state index contributed by atoms with van der Waals surface area (Å²) >= 11 is 0. The van der Waals surface area contributed by atoms with Crippen LogP contribution in [0.1, 0.15) is 113 Å².